The van der Waals surface area contributed by atoms with Gasteiger partial charge in [-0.1, -0.05) is 62.4 Å². The summed E-state index contributed by atoms with van der Waals surface area (Å²) in [6, 6.07) is 24.1. The Hall–Kier alpha value is -3.55. The fourth-order valence-corrected chi connectivity index (χ4v) is 4.41. The van der Waals surface area contributed by atoms with Gasteiger partial charge in [0, 0.05) is 18.7 Å². The van der Waals surface area contributed by atoms with Crippen molar-refractivity contribution in [1.29, 1.82) is 0 Å². The first-order valence-electron chi connectivity index (χ1n) is 12.6. The van der Waals surface area contributed by atoms with Gasteiger partial charge in [-0.05, 0) is 73.1 Å². The van der Waals surface area contributed by atoms with Gasteiger partial charge >= 0.3 is 6.18 Å². The molecule has 0 radical (unpaired) electrons. The topological polar surface area (TPSA) is 37.3 Å². The van der Waals surface area contributed by atoms with E-state index in [2.05, 4.69) is 19.2 Å². The summed E-state index contributed by atoms with van der Waals surface area (Å²) in [4.78, 5) is 14.7. The second-order valence-electron chi connectivity index (χ2n) is 9.87. The molecule has 0 saturated heterocycles. The number of hydrogen-bond acceptors (Lipinski definition) is 2. The number of nitrogens with one attached hydrogen (secondary N) is 1. The number of alkyl halides is 3. The number of halogens is 4. The van der Waals surface area contributed by atoms with Crippen molar-refractivity contribution in [2.45, 2.75) is 25.9 Å². The molecule has 1 amide bonds. The van der Waals surface area contributed by atoms with Crippen LogP contribution < -0.4 is 5.32 Å². The van der Waals surface area contributed by atoms with Crippen LogP contribution in [0.25, 0.3) is 28.2 Å². The van der Waals surface area contributed by atoms with Crippen molar-refractivity contribution >= 4 is 18.3 Å². The number of rotatable bonds is 8. The van der Waals surface area contributed by atoms with E-state index in [0.717, 1.165) is 17.2 Å². The van der Waals surface area contributed by atoms with Gasteiger partial charge in [0.15, 0.2) is 0 Å². The summed E-state index contributed by atoms with van der Waals surface area (Å²) < 4.78 is 44.0. The van der Waals surface area contributed by atoms with E-state index in [1.807, 2.05) is 61.5 Å². The van der Waals surface area contributed by atoms with Gasteiger partial charge in [0.1, 0.15) is 0 Å². The zero-order valence-corrected chi connectivity index (χ0v) is 23.2. The summed E-state index contributed by atoms with van der Waals surface area (Å²) in [6.45, 7) is 5.38. The zero-order chi connectivity index (χ0) is 27.4. The molecule has 0 aliphatic rings. The predicted octanol–water partition coefficient (Wildman–Crippen LogP) is 7.67. The second-order valence-corrected chi connectivity index (χ2v) is 9.87. The standard InChI is InChI=1S/C31H32F3N3O.ClH/c1-21(2)22-12-14-23(15-13-22)27-16-17-28(37(27)29-11-6-5-10-26(29)31(32,33)34)24-8-7-9-25(20-24)30(38)35-18-19-36(3)4;/h5-17,20-21H,18-19H2,1-4H3,(H,35,38);1H. The molecule has 4 nitrogen and oxygen atoms in total. The van der Waals surface area contributed by atoms with E-state index >= 15 is 0 Å². The summed E-state index contributed by atoms with van der Waals surface area (Å²) in [5.41, 5.74) is 3.54. The van der Waals surface area contributed by atoms with Crippen LogP contribution in [0.15, 0.2) is 84.9 Å². The molecule has 1 aromatic heterocycles. The minimum absolute atomic E-state index is 0. The van der Waals surface area contributed by atoms with Crippen LogP contribution in [-0.2, 0) is 6.18 Å². The van der Waals surface area contributed by atoms with Crippen molar-refractivity contribution in [1.82, 2.24) is 14.8 Å². The second kappa shape index (κ2) is 12.5. The van der Waals surface area contributed by atoms with Crippen LogP contribution >= 0.6 is 12.4 Å². The van der Waals surface area contributed by atoms with Crippen molar-refractivity contribution in [3.8, 4) is 28.2 Å². The SMILES string of the molecule is CC(C)c1ccc(-c2ccc(-c3cccc(C(=O)NCCN(C)C)c3)n2-c2ccccc2C(F)(F)F)cc1.Cl. The lowest BCUT2D eigenvalue weighted by Gasteiger charge is -2.20. The molecule has 4 aromatic rings. The Labute approximate surface area is 233 Å². The molecule has 0 atom stereocenters. The van der Waals surface area contributed by atoms with E-state index in [1.54, 1.807) is 28.8 Å². The molecule has 0 unspecified atom stereocenters. The smallest absolute Gasteiger partial charge is 0.351 e. The molecular formula is C31H33ClF3N3O. The van der Waals surface area contributed by atoms with E-state index in [0.29, 0.717) is 41.5 Å². The lowest BCUT2D eigenvalue weighted by Crippen LogP contribution is -2.31. The highest BCUT2D eigenvalue weighted by atomic mass is 35.5. The number of aromatic nitrogens is 1. The molecule has 39 heavy (non-hydrogen) atoms. The number of hydrogen-bond donors (Lipinski definition) is 1. The highest BCUT2D eigenvalue weighted by Gasteiger charge is 2.34. The lowest BCUT2D eigenvalue weighted by atomic mass is 10.0. The summed E-state index contributed by atoms with van der Waals surface area (Å²) >= 11 is 0. The summed E-state index contributed by atoms with van der Waals surface area (Å²) in [5.74, 6) is 0.107. The Morgan fingerprint density at radius 1 is 0.872 bits per heavy atom. The maximum Gasteiger partial charge on any atom is 0.418 e. The fourth-order valence-electron chi connectivity index (χ4n) is 4.41. The van der Waals surface area contributed by atoms with Crippen LogP contribution in [0.5, 0.6) is 0 Å². The van der Waals surface area contributed by atoms with Crippen LogP contribution in [0.3, 0.4) is 0 Å². The Kier molecular flexibility index (Phi) is 9.64. The number of carbonyl (C=O) groups excluding carboxylic acids is 1. The normalized spacial score (nSPS) is 11.5. The number of nitrogens with zero attached hydrogens (tertiary/aromatic N) is 2. The molecule has 8 heteroatoms. The van der Waals surface area contributed by atoms with Crippen molar-refractivity contribution in [2.75, 3.05) is 27.2 Å². The minimum atomic E-state index is -4.54. The Bertz CT molecular complexity index is 1410. The Morgan fingerprint density at radius 3 is 2.13 bits per heavy atom. The van der Waals surface area contributed by atoms with E-state index < -0.39 is 11.7 Å². The van der Waals surface area contributed by atoms with Crippen molar-refractivity contribution < 1.29 is 18.0 Å². The number of amides is 1. The van der Waals surface area contributed by atoms with Crippen molar-refractivity contribution in [3.63, 3.8) is 0 Å². The van der Waals surface area contributed by atoms with Crippen LogP contribution in [0.2, 0.25) is 0 Å². The van der Waals surface area contributed by atoms with Gasteiger partial charge in [0.2, 0.25) is 0 Å². The molecule has 0 aliphatic heterocycles. The Morgan fingerprint density at radius 2 is 1.51 bits per heavy atom. The number of para-hydroxylation sites is 1. The molecule has 0 bridgehead atoms. The maximum atomic E-state index is 14.1. The molecule has 1 N–H and O–H groups in total. The molecule has 4 rings (SSSR count). The summed E-state index contributed by atoms with van der Waals surface area (Å²) in [6.07, 6.45) is -4.54. The monoisotopic (exact) mass is 555 g/mol. The van der Waals surface area contributed by atoms with Crippen molar-refractivity contribution in [2.24, 2.45) is 0 Å². The van der Waals surface area contributed by atoms with Crippen LogP contribution in [-0.4, -0.2) is 42.6 Å². The number of likely N-dealkylation sites (N-methyl/N-ethyl adjacent to an activating group) is 1. The van der Waals surface area contributed by atoms with Gasteiger partial charge in [-0.2, -0.15) is 13.2 Å². The van der Waals surface area contributed by atoms with Crippen LogP contribution in [0, 0.1) is 0 Å². The highest BCUT2D eigenvalue weighted by molar-refractivity contribution is 5.95. The first-order chi connectivity index (χ1) is 18.1. The van der Waals surface area contributed by atoms with Gasteiger partial charge in [0.05, 0.1) is 22.6 Å². The maximum absolute atomic E-state index is 14.1. The molecule has 206 valence electrons. The largest absolute Gasteiger partial charge is 0.418 e. The third-order valence-electron chi connectivity index (χ3n) is 6.47. The average molecular weight is 556 g/mol. The third-order valence-corrected chi connectivity index (χ3v) is 6.47. The molecule has 3 aromatic carbocycles. The van der Waals surface area contributed by atoms with Gasteiger partial charge in [-0.3, -0.25) is 4.79 Å². The zero-order valence-electron chi connectivity index (χ0n) is 22.4. The predicted molar refractivity (Wildman–Crippen MR) is 154 cm³/mol. The highest BCUT2D eigenvalue weighted by Crippen LogP contribution is 2.39. The van der Waals surface area contributed by atoms with E-state index in [4.69, 9.17) is 0 Å². The van der Waals surface area contributed by atoms with E-state index in [-0.39, 0.29) is 24.0 Å². The van der Waals surface area contributed by atoms with Crippen LogP contribution in [0.4, 0.5) is 13.2 Å². The van der Waals surface area contributed by atoms with Gasteiger partial charge in [-0.25, -0.2) is 0 Å². The first-order valence-corrected chi connectivity index (χ1v) is 12.6. The molecular weight excluding hydrogens is 523 g/mol. The molecule has 0 fully saturated rings. The lowest BCUT2D eigenvalue weighted by molar-refractivity contribution is -0.137. The average Bonchev–Trinajstić information content (AvgIpc) is 3.33. The molecule has 0 saturated carbocycles. The molecule has 1 heterocycles. The molecule has 0 spiro atoms. The van der Waals surface area contributed by atoms with E-state index in [9.17, 15) is 18.0 Å². The number of benzene rings is 3. The molecule has 0 aliphatic carbocycles. The summed E-state index contributed by atoms with van der Waals surface area (Å²) in [7, 11) is 3.85. The van der Waals surface area contributed by atoms with Gasteiger partial charge in [-0.15, -0.1) is 12.4 Å². The van der Waals surface area contributed by atoms with Gasteiger partial charge < -0.3 is 14.8 Å². The minimum Gasteiger partial charge on any atom is -0.351 e. The van der Waals surface area contributed by atoms with Gasteiger partial charge in [0.25, 0.3) is 5.91 Å². The fraction of sp³-hybridized carbons (Fsp3) is 0.258. The third kappa shape index (κ3) is 6.91. The number of carbonyl (C=O) groups is 1. The quantitative estimate of drug-likeness (QED) is 0.242. The Balaban J connectivity index is 0.00000420. The van der Waals surface area contributed by atoms with Crippen molar-refractivity contribution in [3.05, 3.63) is 102 Å². The van der Waals surface area contributed by atoms with Crippen LogP contribution in [0.1, 0.15) is 41.3 Å². The summed E-state index contributed by atoms with van der Waals surface area (Å²) in [5, 5.41) is 2.89. The first kappa shape index (κ1) is 30.0. The van der Waals surface area contributed by atoms with E-state index in [1.165, 1.54) is 12.1 Å².